The number of aryl methyl sites for hydroxylation is 1. The number of amides is 1. The predicted octanol–water partition coefficient (Wildman–Crippen LogP) is 1.91. The predicted molar refractivity (Wildman–Crippen MR) is 92.6 cm³/mol. The summed E-state index contributed by atoms with van der Waals surface area (Å²) in [5, 5.41) is 0. The SMILES string of the molecule is Cc1ccc(-c2cc(N3CCN(C)CC3)ncc2C(N)=O)cc1. The molecule has 1 fully saturated rings. The molecule has 0 saturated carbocycles. The summed E-state index contributed by atoms with van der Waals surface area (Å²) in [6, 6.07) is 10.1. The number of likely N-dealkylation sites (N-methyl/N-ethyl adjacent to an activating group) is 1. The molecule has 1 amide bonds. The molecule has 1 aliphatic heterocycles. The van der Waals surface area contributed by atoms with E-state index in [1.54, 1.807) is 6.20 Å². The minimum absolute atomic E-state index is 0.446. The minimum atomic E-state index is -0.446. The van der Waals surface area contributed by atoms with Crippen molar-refractivity contribution in [2.24, 2.45) is 5.73 Å². The minimum Gasteiger partial charge on any atom is -0.366 e. The van der Waals surface area contributed by atoms with E-state index in [9.17, 15) is 4.79 Å². The maximum atomic E-state index is 11.8. The van der Waals surface area contributed by atoms with Crippen LogP contribution in [-0.4, -0.2) is 49.0 Å². The van der Waals surface area contributed by atoms with E-state index in [0.717, 1.165) is 43.1 Å². The molecule has 0 bridgehead atoms. The summed E-state index contributed by atoms with van der Waals surface area (Å²) in [5.74, 6) is 0.455. The van der Waals surface area contributed by atoms with Gasteiger partial charge in [-0.25, -0.2) is 4.98 Å². The van der Waals surface area contributed by atoms with Gasteiger partial charge in [0.1, 0.15) is 5.82 Å². The third-order valence-electron chi connectivity index (χ3n) is 4.34. The maximum absolute atomic E-state index is 11.8. The fraction of sp³-hybridized carbons (Fsp3) is 0.333. The number of nitrogens with two attached hydrogens (primary N) is 1. The number of aromatic nitrogens is 1. The zero-order valence-electron chi connectivity index (χ0n) is 13.6. The smallest absolute Gasteiger partial charge is 0.250 e. The third-order valence-corrected chi connectivity index (χ3v) is 4.34. The van der Waals surface area contributed by atoms with Crippen molar-refractivity contribution in [3.05, 3.63) is 47.7 Å². The molecular formula is C18H22N4O. The van der Waals surface area contributed by atoms with Gasteiger partial charge < -0.3 is 15.5 Å². The molecule has 5 nitrogen and oxygen atoms in total. The largest absolute Gasteiger partial charge is 0.366 e. The van der Waals surface area contributed by atoms with Crippen LogP contribution < -0.4 is 10.6 Å². The van der Waals surface area contributed by atoms with Crippen LogP contribution in [0.3, 0.4) is 0 Å². The third kappa shape index (κ3) is 3.35. The van der Waals surface area contributed by atoms with Gasteiger partial charge in [-0.15, -0.1) is 0 Å². The number of rotatable bonds is 3. The molecule has 1 aromatic heterocycles. The average molecular weight is 310 g/mol. The highest BCUT2D eigenvalue weighted by Crippen LogP contribution is 2.27. The number of hydrogen-bond acceptors (Lipinski definition) is 4. The van der Waals surface area contributed by atoms with Crippen LogP contribution in [0.1, 0.15) is 15.9 Å². The molecule has 120 valence electrons. The molecule has 0 atom stereocenters. The average Bonchev–Trinajstić information content (AvgIpc) is 2.55. The fourth-order valence-corrected chi connectivity index (χ4v) is 2.82. The van der Waals surface area contributed by atoms with E-state index in [-0.39, 0.29) is 0 Å². The number of pyridine rings is 1. The van der Waals surface area contributed by atoms with Crippen molar-refractivity contribution in [2.75, 3.05) is 38.1 Å². The fourth-order valence-electron chi connectivity index (χ4n) is 2.82. The lowest BCUT2D eigenvalue weighted by molar-refractivity contribution is 0.100. The van der Waals surface area contributed by atoms with Crippen LogP contribution in [0.5, 0.6) is 0 Å². The number of carbonyl (C=O) groups excluding carboxylic acids is 1. The monoisotopic (exact) mass is 310 g/mol. The lowest BCUT2D eigenvalue weighted by Gasteiger charge is -2.33. The standard InChI is InChI=1S/C18H22N4O/c1-13-3-5-14(6-4-13)15-11-17(20-12-16(15)18(19)23)22-9-7-21(2)8-10-22/h3-6,11-12H,7-10H2,1-2H3,(H2,19,23). The molecule has 1 aliphatic rings. The summed E-state index contributed by atoms with van der Waals surface area (Å²) in [6.45, 7) is 5.94. The molecule has 2 aromatic rings. The highest BCUT2D eigenvalue weighted by atomic mass is 16.1. The number of primary amides is 1. The number of piperazine rings is 1. The molecule has 1 saturated heterocycles. The van der Waals surface area contributed by atoms with Crippen molar-refractivity contribution in [3.63, 3.8) is 0 Å². The molecule has 2 N–H and O–H groups in total. The Bertz CT molecular complexity index is 703. The first-order valence-corrected chi connectivity index (χ1v) is 7.85. The van der Waals surface area contributed by atoms with Crippen molar-refractivity contribution < 1.29 is 4.79 Å². The first kappa shape index (κ1) is 15.5. The van der Waals surface area contributed by atoms with Crippen molar-refractivity contribution >= 4 is 11.7 Å². The Morgan fingerprint density at radius 3 is 2.39 bits per heavy atom. The van der Waals surface area contributed by atoms with E-state index in [0.29, 0.717) is 5.56 Å². The molecule has 2 heterocycles. The summed E-state index contributed by atoms with van der Waals surface area (Å²) in [4.78, 5) is 20.8. The van der Waals surface area contributed by atoms with Gasteiger partial charge in [0.25, 0.3) is 5.91 Å². The van der Waals surface area contributed by atoms with Crippen LogP contribution in [0, 0.1) is 6.92 Å². The lowest BCUT2D eigenvalue weighted by atomic mass is 10.00. The molecule has 23 heavy (non-hydrogen) atoms. The molecule has 0 radical (unpaired) electrons. The number of nitrogens with zero attached hydrogens (tertiary/aromatic N) is 3. The van der Waals surface area contributed by atoms with Gasteiger partial charge in [-0.3, -0.25) is 4.79 Å². The van der Waals surface area contributed by atoms with Gasteiger partial charge in [-0.05, 0) is 31.2 Å². The van der Waals surface area contributed by atoms with Gasteiger partial charge in [0.05, 0.1) is 5.56 Å². The summed E-state index contributed by atoms with van der Waals surface area (Å²) in [5.41, 5.74) is 9.01. The van der Waals surface area contributed by atoms with E-state index < -0.39 is 5.91 Å². The van der Waals surface area contributed by atoms with Crippen LogP contribution in [0.2, 0.25) is 0 Å². The second-order valence-corrected chi connectivity index (χ2v) is 6.11. The van der Waals surface area contributed by atoms with Crippen LogP contribution in [0.25, 0.3) is 11.1 Å². The molecule has 0 aliphatic carbocycles. The van der Waals surface area contributed by atoms with Crippen LogP contribution in [0.4, 0.5) is 5.82 Å². The second-order valence-electron chi connectivity index (χ2n) is 6.11. The molecule has 3 rings (SSSR count). The Hall–Kier alpha value is -2.40. The lowest BCUT2D eigenvalue weighted by Crippen LogP contribution is -2.44. The van der Waals surface area contributed by atoms with E-state index in [1.165, 1.54) is 5.56 Å². The Labute approximate surface area is 136 Å². The Balaban J connectivity index is 1.99. The van der Waals surface area contributed by atoms with Crippen molar-refractivity contribution in [1.29, 1.82) is 0 Å². The number of carbonyl (C=O) groups is 1. The van der Waals surface area contributed by atoms with Crippen molar-refractivity contribution in [3.8, 4) is 11.1 Å². The van der Waals surface area contributed by atoms with Gasteiger partial charge >= 0.3 is 0 Å². The Morgan fingerprint density at radius 1 is 1.13 bits per heavy atom. The van der Waals surface area contributed by atoms with Gasteiger partial charge in [0, 0.05) is 32.4 Å². The number of hydrogen-bond donors (Lipinski definition) is 1. The van der Waals surface area contributed by atoms with Gasteiger partial charge in [0.2, 0.25) is 0 Å². The molecule has 1 aromatic carbocycles. The zero-order valence-corrected chi connectivity index (χ0v) is 13.6. The highest BCUT2D eigenvalue weighted by Gasteiger charge is 2.18. The zero-order chi connectivity index (χ0) is 16.4. The van der Waals surface area contributed by atoms with E-state index in [4.69, 9.17) is 5.73 Å². The molecular weight excluding hydrogens is 288 g/mol. The Morgan fingerprint density at radius 2 is 1.78 bits per heavy atom. The second kappa shape index (κ2) is 6.38. The summed E-state index contributed by atoms with van der Waals surface area (Å²) < 4.78 is 0. The molecule has 0 unspecified atom stereocenters. The molecule has 0 spiro atoms. The van der Waals surface area contributed by atoms with E-state index in [2.05, 4.69) is 21.8 Å². The van der Waals surface area contributed by atoms with Crippen LogP contribution >= 0.6 is 0 Å². The number of benzene rings is 1. The van der Waals surface area contributed by atoms with E-state index in [1.807, 2.05) is 37.3 Å². The number of anilines is 1. The van der Waals surface area contributed by atoms with E-state index >= 15 is 0 Å². The first-order valence-electron chi connectivity index (χ1n) is 7.85. The summed E-state index contributed by atoms with van der Waals surface area (Å²) in [6.07, 6.45) is 1.60. The topological polar surface area (TPSA) is 62.5 Å². The van der Waals surface area contributed by atoms with Crippen LogP contribution in [0.15, 0.2) is 36.5 Å². The summed E-state index contributed by atoms with van der Waals surface area (Å²) >= 11 is 0. The normalized spacial score (nSPS) is 15.7. The maximum Gasteiger partial charge on any atom is 0.250 e. The van der Waals surface area contributed by atoms with Gasteiger partial charge in [-0.1, -0.05) is 29.8 Å². The highest BCUT2D eigenvalue weighted by molar-refractivity contribution is 6.00. The van der Waals surface area contributed by atoms with Crippen LogP contribution in [-0.2, 0) is 0 Å². The molecule has 5 heteroatoms. The van der Waals surface area contributed by atoms with Crippen molar-refractivity contribution in [1.82, 2.24) is 9.88 Å². The quantitative estimate of drug-likeness (QED) is 0.940. The summed E-state index contributed by atoms with van der Waals surface area (Å²) in [7, 11) is 2.12. The Kier molecular flexibility index (Phi) is 4.30. The first-order chi connectivity index (χ1) is 11.0. The van der Waals surface area contributed by atoms with Gasteiger partial charge in [0.15, 0.2) is 0 Å². The van der Waals surface area contributed by atoms with Gasteiger partial charge in [-0.2, -0.15) is 0 Å². The van der Waals surface area contributed by atoms with Crippen molar-refractivity contribution in [2.45, 2.75) is 6.92 Å².